The molecule has 1 atom stereocenters. The Morgan fingerprint density at radius 2 is 2.47 bits per heavy atom. The van der Waals surface area contributed by atoms with Crippen molar-refractivity contribution in [3.63, 3.8) is 0 Å². The maximum absolute atomic E-state index is 4.97. The molecule has 90 valence electrons. The second kappa shape index (κ2) is 4.58. The lowest BCUT2D eigenvalue weighted by atomic mass is 10.1. The van der Waals surface area contributed by atoms with Crippen LogP contribution in [0.4, 0.5) is 0 Å². The lowest BCUT2D eigenvalue weighted by molar-refractivity contribution is 0.381. The molecular weight excluding hydrogens is 234 g/mol. The number of aryl methyl sites for hydroxylation is 1. The zero-order valence-electron chi connectivity index (χ0n) is 9.72. The minimum Gasteiger partial charge on any atom is -0.340 e. The third-order valence-corrected chi connectivity index (χ3v) is 3.95. The van der Waals surface area contributed by atoms with Crippen LogP contribution in [-0.2, 0) is 6.54 Å². The summed E-state index contributed by atoms with van der Waals surface area (Å²) in [5, 5.41) is 9.57. The van der Waals surface area contributed by atoms with Gasteiger partial charge < -0.3 is 9.84 Å². The Kier molecular flexibility index (Phi) is 2.94. The maximum Gasteiger partial charge on any atom is 0.223 e. The quantitative estimate of drug-likeness (QED) is 0.885. The number of thiophene rings is 1. The molecule has 2 aromatic rings. The van der Waals surface area contributed by atoms with Crippen LogP contribution in [0, 0.1) is 12.8 Å². The molecule has 0 saturated heterocycles. The van der Waals surface area contributed by atoms with Crippen molar-refractivity contribution < 1.29 is 4.52 Å². The zero-order valence-corrected chi connectivity index (χ0v) is 10.5. The fourth-order valence-electron chi connectivity index (χ4n) is 2.01. The minimum atomic E-state index is 0.453. The summed E-state index contributed by atoms with van der Waals surface area (Å²) >= 11 is 1.81. The molecule has 5 heteroatoms. The Morgan fingerprint density at radius 3 is 3.06 bits per heavy atom. The first-order valence-corrected chi connectivity index (χ1v) is 6.77. The average molecular weight is 249 g/mol. The van der Waals surface area contributed by atoms with Gasteiger partial charge in [0.1, 0.15) is 0 Å². The lowest BCUT2D eigenvalue weighted by Crippen LogP contribution is -2.22. The normalized spacial score (nSPS) is 17.2. The molecule has 1 N–H and O–H groups in total. The molecule has 0 radical (unpaired) electrons. The van der Waals surface area contributed by atoms with E-state index in [0.717, 1.165) is 11.7 Å². The van der Waals surface area contributed by atoms with Gasteiger partial charge in [-0.25, -0.2) is 0 Å². The number of nitrogens with zero attached hydrogens (tertiary/aromatic N) is 2. The molecule has 0 aliphatic heterocycles. The molecule has 17 heavy (non-hydrogen) atoms. The summed E-state index contributed by atoms with van der Waals surface area (Å²) in [4.78, 5) is 5.62. The van der Waals surface area contributed by atoms with Gasteiger partial charge in [-0.3, -0.25) is 0 Å². The van der Waals surface area contributed by atoms with E-state index in [-0.39, 0.29) is 0 Å². The highest BCUT2D eigenvalue weighted by Gasteiger charge is 2.32. The predicted molar refractivity (Wildman–Crippen MR) is 65.7 cm³/mol. The van der Waals surface area contributed by atoms with Crippen LogP contribution in [0.25, 0.3) is 0 Å². The van der Waals surface area contributed by atoms with Gasteiger partial charge in [-0.1, -0.05) is 11.2 Å². The Balaban J connectivity index is 1.65. The minimum absolute atomic E-state index is 0.453. The number of rotatable bonds is 5. The van der Waals surface area contributed by atoms with Crippen LogP contribution >= 0.6 is 11.3 Å². The molecule has 0 bridgehead atoms. The van der Waals surface area contributed by atoms with E-state index in [0.29, 0.717) is 18.5 Å². The van der Waals surface area contributed by atoms with E-state index < -0.39 is 0 Å². The van der Waals surface area contributed by atoms with Crippen molar-refractivity contribution in [2.24, 2.45) is 5.92 Å². The molecule has 1 aliphatic rings. The van der Waals surface area contributed by atoms with E-state index in [2.05, 4.69) is 33.0 Å². The van der Waals surface area contributed by atoms with Gasteiger partial charge in [0, 0.05) is 17.8 Å². The largest absolute Gasteiger partial charge is 0.340 e. The number of nitrogens with one attached hydrogen (secondary N) is 1. The van der Waals surface area contributed by atoms with Crippen molar-refractivity contribution >= 4 is 11.3 Å². The van der Waals surface area contributed by atoms with Crippen LogP contribution in [0.2, 0.25) is 0 Å². The summed E-state index contributed by atoms with van der Waals surface area (Å²) in [6, 6.07) is 4.76. The standard InChI is InChI=1S/C12H15N3OS/c1-8-14-11(15-16-8)7-13-12(9-4-5-9)10-3-2-6-17-10/h2-3,6,9,12-13H,4-5,7H2,1H3. The molecule has 2 aromatic heterocycles. The first-order chi connectivity index (χ1) is 8.33. The zero-order chi connectivity index (χ0) is 11.7. The third-order valence-electron chi connectivity index (χ3n) is 2.99. The van der Waals surface area contributed by atoms with Crippen LogP contribution in [-0.4, -0.2) is 10.1 Å². The van der Waals surface area contributed by atoms with Crippen molar-refractivity contribution in [1.29, 1.82) is 0 Å². The van der Waals surface area contributed by atoms with Gasteiger partial charge >= 0.3 is 0 Å². The summed E-state index contributed by atoms with van der Waals surface area (Å²) in [6.07, 6.45) is 2.64. The van der Waals surface area contributed by atoms with Crippen molar-refractivity contribution in [3.8, 4) is 0 Å². The molecule has 1 fully saturated rings. The highest BCUT2D eigenvalue weighted by Crippen LogP contribution is 2.42. The average Bonchev–Trinajstić information content (AvgIpc) is 2.85. The Bertz CT molecular complexity index is 476. The number of hydrogen-bond donors (Lipinski definition) is 1. The maximum atomic E-state index is 4.97. The van der Waals surface area contributed by atoms with Crippen LogP contribution in [0.3, 0.4) is 0 Å². The van der Waals surface area contributed by atoms with E-state index in [9.17, 15) is 0 Å². The lowest BCUT2D eigenvalue weighted by Gasteiger charge is -2.15. The van der Waals surface area contributed by atoms with Crippen molar-refractivity contribution in [3.05, 3.63) is 34.1 Å². The van der Waals surface area contributed by atoms with E-state index in [4.69, 9.17) is 4.52 Å². The van der Waals surface area contributed by atoms with Crippen LogP contribution in [0.1, 0.15) is 35.5 Å². The molecule has 4 nitrogen and oxygen atoms in total. The monoisotopic (exact) mass is 249 g/mol. The smallest absolute Gasteiger partial charge is 0.223 e. The summed E-state index contributed by atoms with van der Waals surface area (Å²) in [7, 11) is 0. The molecule has 0 spiro atoms. The first-order valence-electron chi connectivity index (χ1n) is 5.89. The summed E-state index contributed by atoms with van der Waals surface area (Å²) in [5.74, 6) is 2.15. The highest BCUT2D eigenvalue weighted by atomic mass is 32.1. The van der Waals surface area contributed by atoms with Crippen LogP contribution in [0.15, 0.2) is 22.0 Å². The van der Waals surface area contributed by atoms with E-state index in [1.165, 1.54) is 17.7 Å². The van der Waals surface area contributed by atoms with Gasteiger partial charge in [0.25, 0.3) is 0 Å². The molecule has 0 aromatic carbocycles. The van der Waals surface area contributed by atoms with Gasteiger partial charge in [0.05, 0.1) is 6.54 Å². The third kappa shape index (κ3) is 2.56. The van der Waals surface area contributed by atoms with Crippen LogP contribution < -0.4 is 5.32 Å². The summed E-state index contributed by atoms with van der Waals surface area (Å²) in [5.41, 5.74) is 0. The Morgan fingerprint density at radius 1 is 1.59 bits per heavy atom. The fourth-order valence-corrected chi connectivity index (χ4v) is 2.91. The molecular formula is C12H15N3OS. The second-order valence-corrected chi connectivity index (χ2v) is 5.42. The first kappa shape index (κ1) is 10.9. The van der Waals surface area contributed by atoms with E-state index in [1.807, 2.05) is 18.3 Å². The van der Waals surface area contributed by atoms with Crippen molar-refractivity contribution in [2.75, 3.05) is 0 Å². The van der Waals surface area contributed by atoms with Crippen molar-refractivity contribution in [1.82, 2.24) is 15.5 Å². The van der Waals surface area contributed by atoms with Gasteiger partial charge in [0.2, 0.25) is 5.89 Å². The Labute approximate surface area is 104 Å². The highest BCUT2D eigenvalue weighted by molar-refractivity contribution is 7.10. The van der Waals surface area contributed by atoms with E-state index in [1.54, 1.807) is 0 Å². The summed E-state index contributed by atoms with van der Waals surface area (Å²) < 4.78 is 4.97. The molecule has 2 heterocycles. The van der Waals surface area contributed by atoms with Crippen LogP contribution in [0.5, 0.6) is 0 Å². The molecule has 1 saturated carbocycles. The molecule has 1 unspecified atom stereocenters. The second-order valence-electron chi connectivity index (χ2n) is 4.44. The SMILES string of the molecule is Cc1nc(CNC(c2cccs2)C2CC2)no1. The van der Waals surface area contributed by atoms with E-state index >= 15 is 0 Å². The molecule has 1 aliphatic carbocycles. The predicted octanol–water partition coefficient (Wildman–Crippen LogP) is 2.68. The molecule has 3 rings (SSSR count). The fraction of sp³-hybridized carbons (Fsp3) is 0.500. The van der Waals surface area contributed by atoms with Gasteiger partial charge in [-0.05, 0) is 30.2 Å². The molecule has 0 amide bonds. The van der Waals surface area contributed by atoms with Gasteiger partial charge in [-0.2, -0.15) is 4.98 Å². The number of hydrogen-bond acceptors (Lipinski definition) is 5. The van der Waals surface area contributed by atoms with Gasteiger partial charge in [-0.15, -0.1) is 11.3 Å². The Hall–Kier alpha value is -1.20. The topological polar surface area (TPSA) is 51.0 Å². The summed E-state index contributed by atoms with van der Waals surface area (Å²) in [6.45, 7) is 2.49. The van der Waals surface area contributed by atoms with Gasteiger partial charge in [0.15, 0.2) is 5.82 Å². The van der Waals surface area contributed by atoms with Crippen molar-refractivity contribution in [2.45, 2.75) is 32.4 Å². The number of aromatic nitrogens is 2.